The average molecular weight is 354 g/mol. The number of nitrogen functional groups attached to an aromatic ring is 1. The summed E-state index contributed by atoms with van der Waals surface area (Å²) in [5.41, 5.74) is 9.04. The van der Waals surface area contributed by atoms with Crippen molar-refractivity contribution in [3.8, 4) is 0 Å². The van der Waals surface area contributed by atoms with Gasteiger partial charge in [-0.25, -0.2) is 13.4 Å². The smallest absolute Gasteiger partial charge is 0.203 e. The van der Waals surface area contributed by atoms with Crippen molar-refractivity contribution in [2.75, 3.05) is 11.1 Å². The zero-order valence-corrected chi connectivity index (χ0v) is 14.8. The molecule has 7 heteroatoms. The quantitative estimate of drug-likeness (QED) is 0.817. The lowest BCUT2D eigenvalue weighted by Crippen LogP contribution is -2.03. The highest BCUT2D eigenvalue weighted by atomic mass is 32.2. The Hall–Kier alpha value is -2.93. The summed E-state index contributed by atoms with van der Waals surface area (Å²) in [4.78, 5) is 8.62. The summed E-state index contributed by atoms with van der Waals surface area (Å²) < 4.78 is 24.9. The third-order valence-corrected chi connectivity index (χ3v) is 5.91. The van der Waals surface area contributed by atoms with Gasteiger partial charge in [-0.05, 0) is 50.4 Å². The fraction of sp³-hybridized carbons (Fsp3) is 0.111. The molecule has 1 aromatic carbocycles. The molecule has 0 atom stereocenters. The fourth-order valence-electron chi connectivity index (χ4n) is 2.72. The van der Waals surface area contributed by atoms with Crippen LogP contribution >= 0.6 is 0 Å². The van der Waals surface area contributed by atoms with Crippen LogP contribution in [0.2, 0.25) is 0 Å². The number of nitrogens with zero attached hydrogens (tertiary/aromatic N) is 2. The minimum absolute atomic E-state index is 0.280. The Kier molecular flexibility index (Phi) is 4.18. The second-order valence-electron chi connectivity index (χ2n) is 5.62. The summed E-state index contributed by atoms with van der Waals surface area (Å²) in [6, 6.07) is 6.84. The molecule has 0 saturated heterocycles. The van der Waals surface area contributed by atoms with Crippen LogP contribution in [0.15, 0.2) is 51.3 Å². The zero-order valence-electron chi connectivity index (χ0n) is 13.9. The third kappa shape index (κ3) is 2.94. The van der Waals surface area contributed by atoms with E-state index in [0.717, 1.165) is 5.69 Å². The first kappa shape index (κ1) is 16.9. The Morgan fingerprint density at radius 3 is 2.76 bits per heavy atom. The normalized spacial score (nSPS) is 15.4. The van der Waals surface area contributed by atoms with Crippen molar-refractivity contribution in [1.29, 1.82) is 0 Å². The first-order chi connectivity index (χ1) is 11.9. The number of allylic oxidation sites excluding steroid dienone is 2. The van der Waals surface area contributed by atoms with E-state index in [9.17, 15) is 8.42 Å². The predicted octanol–water partition coefficient (Wildman–Crippen LogP) is 3.62. The molecular weight excluding hydrogens is 336 g/mol. The Morgan fingerprint density at radius 2 is 2.12 bits per heavy atom. The Bertz CT molecular complexity index is 1040. The lowest BCUT2D eigenvalue weighted by Gasteiger charge is -2.15. The second kappa shape index (κ2) is 6.18. The zero-order chi connectivity index (χ0) is 18.2. The van der Waals surface area contributed by atoms with Gasteiger partial charge in [-0.1, -0.05) is 6.08 Å². The molecular formula is C18H18N4O2S. The number of nitrogens with one attached hydrogen (secondary N) is 1. The highest BCUT2D eigenvalue weighted by Crippen LogP contribution is 2.39. The van der Waals surface area contributed by atoms with Crippen molar-refractivity contribution in [1.82, 2.24) is 4.98 Å². The molecule has 2 heterocycles. The molecule has 25 heavy (non-hydrogen) atoms. The largest absolute Gasteiger partial charge is 0.384 e. The molecule has 2 aromatic rings. The SMILES string of the molecule is C=Nc1cc2c(cc1/C(=C\C)Nc1ccnc(N)c1)S(=O)(=O)C(C)=C2. The summed E-state index contributed by atoms with van der Waals surface area (Å²) in [5.74, 6) is 0.388. The lowest BCUT2D eigenvalue weighted by molar-refractivity contribution is 0.603. The van der Waals surface area contributed by atoms with Gasteiger partial charge in [-0.3, -0.25) is 4.99 Å². The number of pyridine rings is 1. The van der Waals surface area contributed by atoms with Crippen molar-refractivity contribution in [3.63, 3.8) is 0 Å². The van der Waals surface area contributed by atoms with Gasteiger partial charge >= 0.3 is 0 Å². The number of fused-ring (bicyclic) bond motifs is 1. The number of benzene rings is 1. The molecule has 0 fully saturated rings. The number of aliphatic imine (C=N–C) groups is 1. The van der Waals surface area contributed by atoms with Gasteiger partial charge in [0.1, 0.15) is 5.82 Å². The van der Waals surface area contributed by atoms with Crippen LogP contribution in [0, 0.1) is 0 Å². The maximum Gasteiger partial charge on any atom is 0.203 e. The summed E-state index contributed by atoms with van der Waals surface area (Å²) in [6.07, 6.45) is 5.09. The Balaban J connectivity index is 2.11. The topological polar surface area (TPSA) is 97.4 Å². The van der Waals surface area contributed by atoms with Crippen LogP contribution in [0.3, 0.4) is 0 Å². The van der Waals surface area contributed by atoms with Crippen LogP contribution < -0.4 is 11.1 Å². The van der Waals surface area contributed by atoms with E-state index in [-0.39, 0.29) is 4.90 Å². The van der Waals surface area contributed by atoms with Crippen LogP contribution in [0.25, 0.3) is 11.8 Å². The number of aromatic nitrogens is 1. The van der Waals surface area contributed by atoms with E-state index in [1.165, 1.54) is 0 Å². The highest BCUT2D eigenvalue weighted by molar-refractivity contribution is 7.95. The van der Waals surface area contributed by atoms with E-state index in [1.807, 2.05) is 13.0 Å². The van der Waals surface area contributed by atoms with Crippen LogP contribution in [0.1, 0.15) is 25.0 Å². The fourth-order valence-corrected chi connectivity index (χ4v) is 4.05. The van der Waals surface area contributed by atoms with Crippen LogP contribution in [0.5, 0.6) is 0 Å². The standard InChI is InChI=1S/C18H18N4O2S/c1-4-15(22-13-5-6-21-18(19)9-13)14-10-17-12(8-16(14)20-3)7-11(2)25(17,23)24/h4-10H,3H2,1-2H3,(H3,19,21,22)/b15-4+. The monoisotopic (exact) mass is 354 g/mol. The number of sulfone groups is 1. The van der Waals surface area contributed by atoms with Crippen molar-refractivity contribution < 1.29 is 8.42 Å². The van der Waals surface area contributed by atoms with E-state index in [0.29, 0.717) is 33.2 Å². The molecule has 0 amide bonds. The van der Waals surface area contributed by atoms with Gasteiger partial charge in [0.05, 0.1) is 10.6 Å². The summed E-state index contributed by atoms with van der Waals surface area (Å²) in [5, 5.41) is 3.23. The minimum atomic E-state index is -3.44. The van der Waals surface area contributed by atoms with Crippen molar-refractivity contribution >= 4 is 45.5 Å². The van der Waals surface area contributed by atoms with Gasteiger partial charge in [0, 0.05) is 34.1 Å². The Morgan fingerprint density at radius 1 is 1.36 bits per heavy atom. The average Bonchev–Trinajstić information content (AvgIpc) is 2.80. The highest BCUT2D eigenvalue weighted by Gasteiger charge is 2.28. The molecule has 3 rings (SSSR count). The molecule has 3 N–H and O–H groups in total. The molecule has 1 aromatic heterocycles. The van der Waals surface area contributed by atoms with Gasteiger partial charge in [0.15, 0.2) is 0 Å². The molecule has 1 aliphatic heterocycles. The molecule has 0 radical (unpaired) electrons. The van der Waals surface area contributed by atoms with Crippen LogP contribution in [-0.4, -0.2) is 20.1 Å². The number of hydrogen-bond donors (Lipinski definition) is 2. The minimum Gasteiger partial charge on any atom is -0.384 e. The molecule has 0 bridgehead atoms. The van der Waals surface area contributed by atoms with Crippen molar-refractivity contribution in [3.05, 3.63) is 52.6 Å². The Labute approximate surface area is 146 Å². The third-order valence-electron chi connectivity index (χ3n) is 4.01. The first-order valence-corrected chi connectivity index (χ1v) is 9.08. The number of anilines is 2. The van der Waals surface area contributed by atoms with Crippen molar-refractivity contribution in [2.45, 2.75) is 18.7 Å². The van der Waals surface area contributed by atoms with E-state index in [4.69, 9.17) is 5.73 Å². The van der Waals surface area contributed by atoms with Gasteiger partial charge < -0.3 is 11.1 Å². The molecule has 0 aliphatic carbocycles. The van der Waals surface area contributed by atoms with Crippen LogP contribution in [-0.2, 0) is 9.84 Å². The first-order valence-electron chi connectivity index (χ1n) is 7.60. The lowest BCUT2D eigenvalue weighted by atomic mass is 10.0. The van der Waals surface area contributed by atoms with E-state index in [2.05, 4.69) is 22.0 Å². The van der Waals surface area contributed by atoms with Gasteiger partial charge in [0.2, 0.25) is 9.84 Å². The summed E-state index contributed by atoms with van der Waals surface area (Å²) >= 11 is 0. The maximum absolute atomic E-state index is 12.5. The molecule has 0 unspecified atom stereocenters. The number of rotatable bonds is 4. The molecule has 1 aliphatic rings. The maximum atomic E-state index is 12.5. The van der Waals surface area contributed by atoms with Gasteiger partial charge in [-0.2, -0.15) is 0 Å². The van der Waals surface area contributed by atoms with E-state index < -0.39 is 9.84 Å². The van der Waals surface area contributed by atoms with Gasteiger partial charge in [-0.15, -0.1) is 0 Å². The summed E-state index contributed by atoms with van der Waals surface area (Å²) in [7, 11) is -3.44. The predicted molar refractivity (Wildman–Crippen MR) is 102 cm³/mol. The number of nitrogens with two attached hydrogens (primary N) is 1. The van der Waals surface area contributed by atoms with Crippen molar-refractivity contribution in [2.24, 2.45) is 4.99 Å². The number of hydrogen-bond acceptors (Lipinski definition) is 6. The molecule has 128 valence electrons. The molecule has 0 saturated carbocycles. The van der Waals surface area contributed by atoms with Crippen LogP contribution in [0.4, 0.5) is 17.2 Å². The van der Waals surface area contributed by atoms with Gasteiger partial charge in [0.25, 0.3) is 0 Å². The summed E-state index contributed by atoms with van der Waals surface area (Å²) in [6.45, 7) is 7.05. The second-order valence-corrected chi connectivity index (χ2v) is 7.71. The molecule has 0 spiro atoms. The van der Waals surface area contributed by atoms with E-state index in [1.54, 1.807) is 43.5 Å². The molecule has 6 nitrogen and oxygen atoms in total. The van der Waals surface area contributed by atoms with E-state index >= 15 is 0 Å².